The molecule has 1 rings (SSSR count). The number of nitrogens with one attached hydrogen (secondary N) is 1. The molecule has 1 saturated heterocycles. The highest BCUT2D eigenvalue weighted by atomic mass is 16.1. The van der Waals surface area contributed by atoms with E-state index in [0.29, 0.717) is 17.7 Å². The predicted molar refractivity (Wildman–Crippen MR) is 36.3 cm³/mol. The van der Waals surface area contributed by atoms with Crippen molar-refractivity contribution >= 4 is 5.78 Å². The molecule has 52 valence electrons. The molecule has 0 spiro atoms. The molecule has 1 aliphatic rings. The van der Waals surface area contributed by atoms with Crippen LogP contribution in [0.1, 0.15) is 20.3 Å². The van der Waals surface area contributed by atoms with Crippen LogP contribution in [0, 0.1) is 5.92 Å². The molecule has 0 aliphatic carbocycles. The van der Waals surface area contributed by atoms with Crippen molar-refractivity contribution in [1.82, 2.24) is 5.32 Å². The fourth-order valence-electron chi connectivity index (χ4n) is 1.25. The summed E-state index contributed by atoms with van der Waals surface area (Å²) in [6.45, 7) is 4.67. The van der Waals surface area contributed by atoms with Gasteiger partial charge in [-0.1, -0.05) is 0 Å². The molecule has 9 heavy (non-hydrogen) atoms. The summed E-state index contributed by atoms with van der Waals surface area (Å²) in [6.07, 6.45) is 1.02. The summed E-state index contributed by atoms with van der Waals surface area (Å²) in [5.41, 5.74) is 0. The number of Topliss-reactive ketones (excluding diaryl/α,β-unsaturated/α-hetero) is 1. The summed E-state index contributed by atoms with van der Waals surface area (Å²) in [7, 11) is 0. The summed E-state index contributed by atoms with van der Waals surface area (Å²) in [4.78, 5) is 10.8. The van der Waals surface area contributed by atoms with Crippen molar-refractivity contribution in [2.24, 2.45) is 5.92 Å². The van der Waals surface area contributed by atoms with Gasteiger partial charge in [-0.05, 0) is 20.3 Å². The highest BCUT2D eigenvalue weighted by Gasteiger charge is 2.23. The van der Waals surface area contributed by atoms with Gasteiger partial charge >= 0.3 is 0 Å². The lowest BCUT2D eigenvalue weighted by Gasteiger charge is -1.99. The maximum atomic E-state index is 10.8. The van der Waals surface area contributed by atoms with Crippen molar-refractivity contribution < 1.29 is 4.79 Å². The Bertz CT molecular complexity index is 122. The average Bonchev–Trinajstić information content (AvgIpc) is 2.14. The smallest absolute Gasteiger partial charge is 0.134 e. The molecule has 0 saturated carbocycles. The third kappa shape index (κ3) is 1.52. The van der Waals surface area contributed by atoms with Crippen LogP contribution < -0.4 is 5.32 Å². The first-order chi connectivity index (χ1) is 4.20. The van der Waals surface area contributed by atoms with Gasteiger partial charge in [0.1, 0.15) is 5.78 Å². The van der Waals surface area contributed by atoms with Gasteiger partial charge in [-0.2, -0.15) is 0 Å². The second kappa shape index (κ2) is 2.48. The Hall–Kier alpha value is -0.370. The van der Waals surface area contributed by atoms with E-state index in [-0.39, 0.29) is 0 Å². The van der Waals surface area contributed by atoms with Gasteiger partial charge in [0.15, 0.2) is 0 Å². The minimum absolute atomic E-state index is 0.292. The lowest BCUT2D eigenvalue weighted by molar-refractivity contribution is -0.120. The third-order valence-corrected chi connectivity index (χ3v) is 1.93. The Morgan fingerprint density at radius 2 is 2.33 bits per heavy atom. The van der Waals surface area contributed by atoms with Crippen molar-refractivity contribution in [2.45, 2.75) is 26.3 Å². The number of hydrogen-bond donors (Lipinski definition) is 1. The second-order valence-corrected chi connectivity index (χ2v) is 2.85. The molecule has 0 aromatic heterocycles. The van der Waals surface area contributed by atoms with Crippen LogP contribution in [0.25, 0.3) is 0 Å². The van der Waals surface area contributed by atoms with Crippen LogP contribution in [-0.4, -0.2) is 18.4 Å². The fourth-order valence-corrected chi connectivity index (χ4v) is 1.25. The summed E-state index contributed by atoms with van der Waals surface area (Å²) in [5, 5.41) is 3.23. The van der Waals surface area contributed by atoms with Crippen LogP contribution in [-0.2, 0) is 4.79 Å². The highest BCUT2D eigenvalue weighted by Crippen LogP contribution is 2.13. The highest BCUT2D eigenvalue weighted by molar-refractivity contribution is 5.78. The number of carbonyl (C=O) groups is 1. The Morgan fingerprint density at radius 1 is 1.67 bits per heavy atom. The molecular weight excluding hydrogens is 114 g/mol. The number of carbonyl (C=O) groups excluding carboxylic acids is 1. The van der Waals surface area contributed by atoms with Gasteiger partial charge in [-0.15, -0.1) is 0 Å². The summed E-state index contributed by atoms with van der Waals surface area (Å²) >= 11 is 0. The van der Waals surface area contributed by atoms with E-state index in [4.69, 9.17) is 0 Å². The monoisotopic (exact) mass is 127 g/mol. The first-order valence-electron chi connectivity index (χ1n) is 3.44. The summed E-state index contributed by atoms with van der Waals surface area (Å²) in [6, 6.07) is 0.541. The van der Waals surface area contributed by atoms with E-state index in [1.807, 2.05) is 0 Å². The van der Waals surface area contributed by atoms with Gasteiger partial charge in [-0.25, -0.2) is 0 Å². The quantitative estimate of drug-likeness (QED) is 0.558. The van der Waals surface area contributed by atoms with Crippen molar-refractivity contribution in [3.05, 3.63) is 0 Å². The molecule has 0 radical (unpaired) electrons. The van der Waals surface area contributed by atoms with Crippen molar-refractivity contribution in [2.75, 3.05) is 6.54 Å². The Morgan fingerprint density at radius 3 is 2.56 bits per heavy atom. The summed E-state index contributed by atoms with van der Waals surface area (Å²) < 4.78 is 0. The predicted octanol–water partition coefficient (Wildman–Crippen LogP) is 0.573. The zero-order valence-electron chi connectivity index (χ0n) is 5.98. The van der Waals surface area contributed by atoms with Crippen LogP contribution in [0.4, 0.5) is 0 Å². The average molecular weight is 127 g/mol. The lowest BCUT2D eigenvalue weighted by atomic mass is 10.0. The van der Waals surface area contributed by atoms with E-state index in [1.165, 1.54) is 0 Å². The largest absolute Gasteiger partial charge is 0.314 e. The molecule has 2 heteroatoms. The van der Waals surface area contributed by atoms with Crippen molar-refractivity contribution in [3.8, 4) is 0 Å². The molecule has 0 unspecified atom stereocenters. The summed E-state index contributed by atoms with van der Waals surface area (Å²) in [5.74, 6) is 0.617. The Labute approximate surface area is 55.6 Å². The van der Waals surface area contributed by atoms with E-state index >= 15 is 0 Å². The molecule has 0 bridgehead atoms. The fraction of sp³-hybridized carbons (Fsp3) is 0.857. The molecule has 2 nitrogen and oxygen atoms in total. The van der Waals surface area contributed by atoms with E-state index in [1.54, 1.807) is 6.92 Å². The molecule has 1 heterocycles. The Balaban J connectivity index is 2.39. The minimum Gasteiger partial charge on any atom is -0.314 e. The third-order valence-electron chi connectivity index (χ3n) is 1.93. The molecule has 1 fully saturated rings. The first kappa shape index (κ1) is 6.75. The van der Waals surface area contributed by atoms with Crippen LogP contribution in [0.3, 0.4) is 0 Å². The van der Waals surface area contributed by atoms with Gasteiger partial charge in [-0.3, -0.25) is 4.79 Å². The number of rotatable bonds is 1. The van der Waals surface area contributed by atoms with Gasteiger partial charge in [0, 0.05) is 18.5 Å². The van der Waals surface area contributed by atoms with Crippen molar-refractivity contribution in [1.29, 1.82) is 0 Å². The van der Waals surface area contributed by atoms with Crippen LogP contribution in [0.2, 0.25) is 0 Å². The Kier molecular flexibility index (Phi) is 1.86. The topological polar surface area (TPSA) is 29.1 Å². The van der Waals surface area contributed by atoms with E-state index in [2.05, 4.69) is 12.2 Å². The van der Waals surface area contributed by atoms with E-state index < -0.39 is 0 Å². The zero-order valence-corrected chi connectivity index (χ0v) is 5.98. The molecule has 1 aliphatic heterocycles. The maximum absolute atomic E-state index is 10.8. The van der Waals surface area contributed by atoms with Gasteiger partial charge < -0.3 is 5.32 Å². The number of ketones is 1. The standard InChI is InChI=1S/C7H13NO/c1-5-3-7(4-8-5)6(2)9/h5,7-8H,3-4H2,1-2H3/t5-,7-/m0/s1. The first-order valence-corrected chi connectivity index (χ1v) is 3.44. The van der Waals surface area contributed by atoms with Crippen LogP contribution >= 0.6 is 0 Å². The van der Waals surface area contributed by atoms with Crippen LogP contribution in [0.5, 0.6) is 0 Å². The second-order valence-electron chi connectivity index (χ2n) is 2.85. The van der Waals surface area contributed by atoms with Gasteiger partial charge in [0.05, 0.1) is 0 Å². The molecule has 1 N–H and O–H groups in total. The normalized spacial score (nSPS) is 34.9. The molecule has 2 atom stereocenters. The molecular formula is C7H13NO. The van der Waals surface area contributed by atoms with E-state index in [9.17, 15) is 4.79 Å². The minimum atomic E-state index is 0.292. The van der Waals surface area contributed by atoms with Crippen LogP contribution in [0.15, 0.2) is 0 Å². The maximum Gasteiger partial charge on any atom is 0.134 e. The van der Waals surface area contributed by atoms with E-state index in [0.717, 1.165) is 13.0 Å². The SMILES string of the molecule is CC(=O)[C@@H]1CN[C@@H](C)C1. The number of hydrogen-bond acceptors (Lipinski definition) is 2. The molecule has 0 aromatic carbocycles. The zero-order chi connectivity index (χ0) is 6.85. The van der Waals surface area contributed by atoms with Crippen molar-refractivity contribution in [3.63, 3.8) is 0 Å². The molecule has 0 amide bonds. The lowest BCUT2D eigenvalue weighted by Crippen LogP contribution is -2.17. The molecule has 0 aromatic rings. The van der Waals surface area contributed by atoms with Gasteiger partial charge in [0.25, 0.3) is 0 Å². The van der Waals surface area contributed by atoms with Gasteiger partial charge in [0.2, 0.25) is 0 Å².